The molecular weight excluding hydrogens is 601 g/mol. The third kappa shape index (κ3) is 6.80. The smallest absolute Gasteiger partial charge is 0.155 e. The van der Waals surface area contributed by atoms with Crippen LogP contribution >= 0.6 is 0 Å². The summed E-state index contributed by atoms with van der Waals surface area (Å²) < 4.78 is 0. The monoisotopic (exact) mass is 627 g/mol. The first kappa shape index (κ1) is 26.8. The van der Waals surface area contributed by atoms with E-state index in [0.717, 1.165) is 28.2 Å². The van der Waals surface area contributed by atoms with Crippen LogP contribution in [-0.4, -0.2) is 20.9 Å². The number of aliphatic hydroxyl groups excluding tert-OH is 1. The van der Waals surface area contributed by atoms with Crippen LogP contribution in [0.3, 0.4) is 0 Å². The van der Waals surface area contributed by atoms with E-state index in [0.29, 0.717) is 0 Å². The Labute approximate surface area is 214 Å². The number of hydrogen-bond donors (Lipinski definition) is 1. The number of carbonyl (C=O) groups is 1. The molecule has 0 fully saturated rings. The summed E-state index contributed by atoms with van der Waals surface area (Å²) in [6.45, 7) is 5.00. The second kappa shape index (κ2) is 12.7. The molecule has 2 heterocycles. The minimum atomic E-state index is -0.493. The first-order valence-electron chi connectivity index (χ1n) is 10.6. The van der Waals surface area contributed by atoms with E-state index >= 15 is 0 Å². The number of pyridine rings is 2. The molecular formula is C29H26IrN2O2-2. The fraction of sp³-hybridized carbons (Fsp3) is 0.138. The average molecular weight is 627 g/mol. The molecule has 4 rings (SSSR count). The minimum Gasteiger partial charge on any atom is -0.512 e. The first-order chi connectivity index (χ1) is 15.9. The molecule has 34 heavy (non-hydrogen) atoms. The molecule has 0 aliphatic carbocycles. The van der Waals surface area contributed by atoms with Crippen LogP contribution in [0.4, 0.5) is 0 Å². The fourth-order valence-corrected chi connectivity index (χ4v) is 3.48. The number of aromatic nitrogens is 2. The van der Waals surface area contributed by atoms with E-state index in [1.54, 1.807) is 0 Å². The Morgan fingerprint density at radius 2 is 1.56 bits per heavy atom. The molecule has 1 N–H and O–H groups in total. The Hall–Kier alpha value is -3.40. The van der Waals surface area contributed by atoms with Crippen LogP contribution in [-0.2, 0) is 30.3 Å². The van der Waals surface area contributed by atoms with Gasteiger partial charge < -0.3 is 10.1 Å². The molecule has 0 saturated carbocycles. The van der Waals surface area contributed by atoms with E-state index in [2.05, 4.69) is 36.2 Å². The normalized spacial score (nSPS) is 12.4. The number of aliphatic hydroxyl groups is 1. The summed E-state index contributed by atoms with van der Waals surface area (Å²) >= 11 is 0. The Bertz CT molecular complexity index is 1170. The van der Waals surface area contributed by atoms with Gasteiger partial charge in [0.1, 0.15) is 0 Å². The summed E-state index contributed by atoms with van der Waals surface area (Å²) in [6.07, 6.45) is 2.99. The fourth-order valence-electron chi connectivity index (χ4n) is 3.48. The Morgan fingerprint density at radius 1 is 0.882 bits per heavy atom. The van der Waals surface area contributed by atoms with Crippen molar-refractivity contribution in [1.29, 1.82) is 0 Å². The molecule has 0 spiro atoms. The molecule has 5 heteroatoms. The maximum absolute atomic E-state index is 10.0. The van der Waals surface area contributed by atoms with E-state index in [-0.39, 0.29) is 31.6 Å². The van der Waals surface area contributed by atoms with Crippen molar-refractivity contribution in [3.63, 3.8) is 0 Å². The molecule has 0 amide bonds. The third-order valence-electron chi connectivity index (χ3n) is 5.08. The quantitative estimate of drug-likeness (QED) is 0.165. The van der Waals surface area contributed by atoms with Gasteiger partial charge in [0.25, 0.3) is 0 Å². The molecule has 0 aliphatic heterocycles. The van der Waals surface area contributed by atoms with Gasteiger partial charge in [0.15, 0.2) is 5.78 Å². The van der Waals surface area contributed by atoms with Gasteiger partial charge in [0, 0.05) is 38.1 Å². The summed E-state index contributed by atoms with van der Waals surface area (Å²) in [6, 6.07) is 34.7. The molecule has 175 valence electrons. The van der Waals surface area contributed by atoms with Crippen molar-refractivity contribution in [1.82, 2.24) is 9.97 Å². The SMILES string of the molecule is CC(=O)/C=C(/C)O.CC(c1[c-]cccc1)(c1ccccn1)c1cccc(-c2[c-]cccc2)n1.[Ir]. The van der Waals surface area contributed by atoms with E-state index in [1.807, 2.05) is 79.0 Å². The Balaban J connectivity index is 0.000000449. The Morgan fingerprint density at radius 3 is 2.09 bits per heavy atom. The number of hydrogen-bond acceptors (Lipinski definition) is 4. The van der Waals surface area contributed by atoms with Gasteiger partial charge in [-0.25, -0.2) is 0 Å². The number of benzene rings is 2. The van der Waals surface area contributed by atoms with Crippen LogP contribution in [0.2, 0.25) is 0 Å². The van der Waals surface area contributed by atoms with Crippen LogP contribution in [0.25, 0.3) is 11.3 Å². The number of rotatable bonds is 5. The molecule has 0 aliphatic rings. The molecule has 2 aromatic carbocycles. The zero-order valence-corrected chi connectivity index (χ0v) is 21.7. The van der Waals surface area contributed by atoms with E-state index in [1.165, 1.54) is 19.9 Å². The second-order valence-electron chi connectivity index (χ2n) is 7.70. The summed E-state index contributed by atoms with van der Waals surface area (Å²) in [4.78, 5) is 19.6. The average Bonchev–Trinajstić information content (AvgIpc) is 2.85. The summed E-state index contributed by atoms with van der Waals surface area (Å²) in [7, 11) is 0. The number of carbonyl (C=O) groups excluding carboxylic acids is 1. The Kier molecular flexibility index (Phi) is 10.1. The van der Waals surface area contributed by atoms with Crippen molar-refractivity contribution in [2.45, 2.75) is 26.2 Å². The van der Waals surface area contributed by atoms with Gasteiger partial charge in [-0.3, -0.25) is 9.78 Å². The van der Waals surface area contributed by atoms with E-state index < -0.39 is 5.41 Å². The van der Waals surface area contributed by atoms with Gasteiger partial charge >= 0.3 is 0 Å². The zero-order valence-electron chi connectivity index (χ0n) is 19.3. The summed E-state index contributed by atoms with van der Waals surface area (Å²) in [5.41, 5.74) is 4.32. The van der Waals surface area contributed by atoms with Crippen LogP contribution in [0.5, 0.6) is 0 Å². The van der Waals surface area contributed by atoms with Crippen molar-refractivity contribution in [2.75, 3.05) is 0 Å². The standard InChI is InChI=1S/C24H18N2.C5H8O2.Ir/c1-24(20-13-6-3-7-14-20,22-16-8-9-18-25-22)23-17-10-15-21(26-23)19-11-4-2-5-12-19;1-4(6)3-5(2)7;/h2-11,13,15-18H,1H3;3,6H,1-2H3;/q-2;;/b;4-3-;. The summed E-state index contributed by atoms with van der Waals surface area (Å²) in [5.74, 6) is -0.0625. The maximum atomic E-state index is 10.0. The molecule has 4 nitrogen and oxygen atoms in total. The predicted molar refractivity (Wildman–Crippen MR) is 131 cm³/mol. The van der Waals surface area contributed by atoms with Crippen LogP contribution in [0, 0.1) is 12.1 Å². The number of nitrogens with zero attached hydrogens (tertiary/aromatic N) is 2. The molecule has 2 aromatic heterocycles. The molecule has 1 radical (unpaired) electrons. The molecule has 0 saturated heterocycles. The van der Waals surface area contributed by atoms with Crippen molar-refractivity contribution < 1.29 is 30.0 Å². The van der Waals surface area contributed by atoms with Gasteiger partial charge in [0.2, 0.25) is 0 Å². The minimum absolute atomic E-state index is 0. The zero-order chi connectivity index (χ0) is 23.7. The van der Waals surface area contributed by atoms with E-state index in [9.17, 15) is 4.79 Å². The topological polar surface area (TPSA) is 63.1 Å². The molecule has 4 aromatic rings. The number of ketones is 1. The van der Waals surface area contributed by atoms with Gasteiger partial charge in [-0.15, -0.1) is 41.5 Å². The van der Waals surface area contributed by atoms with Gasteiger partial charge in [0.05, 0.1) is 16.9 Å². The van der Waals surface area contributed by atoms with Crippen molar-refractivity contribution >= 4 is 5.78 Å². The van der Waals surface area contributed by atoms with Crippen LogP contribution in [0.1, 0.15) is 37.7 Å². The third-order valence-corrected chi connectivity index (χ3v) is 5.08. The van der Waals surface area contributed by atoms with Crippen molar-refractivity contribution in [3.05, 3.63) is 132 Å². The molecule has 0 bridgehead atoms. The first-order valence-corrected chi connectivity index (χ1v) is 10.6. The predicted octanol–water partition coefficient (Wildman–Crippen LogP) is 6.13. The van der Waals surface area contributed by atoms with E-state index in [4.69, 9.17) is 10.1 Å². The largest absolute Gasteiger partial charge is 0.512 e. The molecule has 1 unspecified atom stereocenters. The van der Waals surface area contributed by atoms with Gasteiger partial charge in [-0.1, -0.05) is 18.2 Å². The van der Waals surface area contributed by atoms with Gasteiger partial charge in [-0.2, -0.15) is 30.3 Å². The van der Waals surface area contributed by atoms with Crippen LogP contribution in [0.15, 0.2) is 103 Å². The van der Waals surface area contributed by atoms with Crippen molar-refractivity contribution in [3.8, 4) is 11.3 Å². The van der Waals surface area contributed by atoms with Gasteiger partial charge in [-0.05, 0) is 44.7 Å². The maximum Gasteiger partial charge on any atom is 0.155 e. The summed E-state index contributed by atoms with van der Waals surface area (Å²) in [5, 5.41) is 8.36. The van der Waals surface area contributed by atoms with Crippen molar-refractivity contribution in [2.24, 2.45) is 0 Å². The molecule has 1 atom stereocenters. The van der Waals surface area contributed by atoms with Crippen LogP contribution < -0.4 is 0 Å². The second-order valence-corrected chi connectivity index (χ2v) is 7.70. The number of allylic oxidation sites excluding steroid dienone is 2.